The third kappa shape index (κ3) is 2.50. The van der Waals surface area contributed by atoms with E-state index in [2.05, 4.69) is 5.43 Å². The minimum atomic E-state index is -0.452. The Labute approximate surface area is 121 Å². The summed E-state index contributed by atoms with van der Waals surface area (Å²) in [5.74, 6) is 5.28. The molecule has 1 aromatic heterocycles. The van der Waals surface area contributed by atoms with Gasteiger partial charge in [0.1, 0.15) is 11.6 Å². The molecule has 0 saturated carbocycles. The van der Waals surface area contributed by atoms with Crippen LogP contribution in [0.3, 0.4) is 0 Å². The molecule has 21 heavy (non-hydrogen) atoms. The number of hydrogen-bond acceptors (Lipinski definition) is 4. The molecule has 1 amide bonds. The second-order valence-corrected chi connectivity index (χ2v) is 5.14. The second kappa shape index (κ2) is 5.21. The zero-order valence-corrected chi connectivity index (χ0v) is 11.6. The van der Waals surface area contributed by atoms with Crippen LogP contribution in [0.2, 0.25) is 0 Å². The number of nitrogens with one attached hydrogen (secondary N) is 1. The molecular formula is C15H16FN3O2. The first-order chi connectivity index (χ1) is 10.1. The lowest BCUT2D eigenvalue weighted by Gasteiger charge is -2.17. The fraction of sp³-hybridized carbons (Fsp3) is 0.267. The van der Waals surface area contributed by atoms with Crippen LogP contribution in [-0.2, 0) is 13.0 Å². The van der Waals surface area contributed by atoms with E-state index >= 15 is 0 Å². The number of carbonyl (C=O) groups is 1. The predicted molar refractivity (Wildman–Crippen MR) is 76.3 cm³/mol. The van der Waals surface area contributed by atoms with Gasteiger partial charge in [0.15, 0.2) is 5.76 Å². The third-order valence-corrected chi connectivity index (χ3v) is 3.69. The van der Waals surface area contributed by atoms with Crippen molar-refractivity contribution in [2.24, 2.45) is 5.84 Å². The third-order valence-electron chi connectivity index (χ3n) is 3.69. The number of anilines is 1. The summed E-state index contributed by atoms with van der Waals surface area (Å²) in [7, 11) is 0. The number of hydrogen-bond donors (Lipinski definition) is 2. The summed E-state index contributed by atoms with van der Waals surface area (Å²) in [5.41, 5.74) is 4.79. The molecule has 0 fully saturated rings. The van der Waals surface area contributed by atoms with Crippen molar-refractivity contribution in [3.8, 4) is 0 Å². The number of halogens is 1. The zero-order chi connectivity index (χ0) is 15.0. The zero-order valence-electron chi connectivity index (χ0n) is 11.6. The smallest absolute Gasteiger partial charge is 0.301 e. The molecule has 0 radical (unpaired) electrons. The monoisotopic (exact) mass is 289 g/mol. The molecule has 2 heterocycles. The van der Waals surface area contributed by atoms with E-state index in [1.54, 1.807) is 6.92 Å². The molecule has 110 valence electrons. The number of carbonyl (C=O) groups excluding carboxylic acids is 1. The number of fused-ring (bicyclic) bond motifs is 1. The molecule has 0 spiro atoms. The molecule has 5 nitrogen and oxygen atoms in total. The average Bonchev–Trinajstić information content (AvgIpc) is 3.02. The Kier molecular flexibility index (Phi) is 3.39. The van der Waals surface area contributed by atoms with Crippen LogP contribution in [0.5, 0.6) is 0 Å². The van der Waals surface area contributed by atoms with Crippen LogP contribution in [0.25, 0.3) is 0 Å². The minimum absolute atomic E-state index is 0.214. The number of aryl methyl sites for hydroxylation is 1. The van der Waals surface area contributed by atoms with E-state index in [1.807, 2.05) is 17.0 Å². The standard InChI is InChI=1S/C15H16FN3O2/c1-9-6-12(21-14(9)15(20)18-17)8-19-5-4-10-2-3-11(16)7-13(10)19/h2-3,6-7H,4-5,8,17H2,1H3,(H,18,20). The van der Waals surface area contributed by atoms with E-state index in [1.165, 1.54) is 12.1 Å². The number of furan rings is 1. The van der Waals surface area contributed by atoms with Crippen molar-refractivity contribution in [3.05, 3.63) is 52.7 Å². The Balaban J connectivity index is 1.83. The van der Waals surface area contributed by atoms with E-state index in [4.69, 9.17) is 10.3 Å². The molecule has 0 atom stereocenters. The lowest BCUT2D eigenvalue weighted by Crippen LogP contribution is -2.30. The molecule has 0 unspecified atom stereocenters. The number of benzene rings is 1. The fourth-order valence-electron chi connectivity index (χ4n) is 2.69. The summed E-state index contributed by atoms with van der Waals surface area (Å²) in [5, 5.41) is 0. The van der Waals surface area contributed by atoms with E-state index < -0.39 is 5.91 Å². The molecule has 1 aromatic carbocycles. The van der Waals surface area contributed by atoms with Crippen LogP contribution in [0, 0.1) is 12.7 Å². The summed E-state index contributed by atoms with van der Waals surface area (Å²) in [6, 6.07) is 6.63. The van der Waals surface area contributed by atoms with Crippen molar-refractivity contribution in [3.63, 3.8) is 0 Å². The Morgan fingerprint density at radius 2 is 2.29 bits per heavy atom. The highest BCUT2D eigenvalue weighted by Gasteiger charge is 2.22. The maximum Gasteiger partial charge on any atom is 0.301 e. The maximum atomic E-state index is 13.4. The first-order valence-corrected chi connectivity index (χ1v) is 6.72. The number of rotatable bonds is 3. The Hall–Kier alpha value is -2.34. The normalized spacial score (nSPS) is 13.4. The highest BCUT2D eigenvalue weighted by Crippen LogP contribution is 2.30. The van der Waals surface area contributed by atoms with Gasteiger partial charge in [-0.3, -0.25) is 10.2 Å². The summed E-state index contributed by atoms with van der Waals surface area (Å²) < 4.78 is 18.9. The first kappa shape index (κ1) is 13.6. The van der Waals surface area contributed by atoms with Gasteiger partial charge in [-0.05, 0) is 37.1 Å². The average molecular weight is 289 g/mol. The highest BCUT2D eigenvalue weighted by molar-refractivity contribution is 5.92. The quantitative estimate of drug-likeness (QED) is 0.514. The summed E-state index contributed by atoms with van der Waals surface area (Å²) in [6.45, 7) is 3.08. The van der Waals surface area contributed by atoms with Gasteiger partial charge in [-0.1, -0.05) is 6.07 Å². The fourth-order valence-corrected chi connectivity index (χ4v) is 2.69. The Morgan fingerprint density at radius 3 is 3.05 bits per heavy atom. The molecule has 0 bridgehead atoms. The number of amides is 1. The van der Waals surface area contributed by atoms with Gasteiger partial charge in [0.2, 0.25) is 0 Å². The first-order valence-electron chi connectivity index (χ1n) is 6.72. The SMILES string of the molecule is Cc1cc(CN2CCc3ccc(F)cc32)oc1C(=O)NN. The summed E-state index contributed by atoms with van der Waals surface area (Å²) in [4.78, 5) is 13.6. The topological polar surface area (TPSA) is 71.5 Å². The Bertz CT molecular complexity index is 696. The van der Waals surface area contributed by atoms with Gasteiger partial charge in [-0.2, -0.15) is 0 Å². The van der Waals surface area contributed by atoms with E-state index in [-0.39, 0.29) is 11.6 Å². The Morgan fingerprint density at radius 1 is 1.48 bits per heavy atom. The van der Waals surface area contributed by atoms with Gasteiger partial charge < -0.3 is 9.32 Å². The van der Waals surface area contributed by atoms with Crippen LogP contribution in [-0.4, -0.2) is 12.5 Å². The van der Waals surface area contributed by atoms with E-state index in [0.29, 0.717) is 12.3 Å². The number of nitrogens with two attached hydrogens (primary N) is 1. The molecule has 1 aliphatic heterocycles. The van der Waals surface area contributed by atoms with Crippen molar-refractivity contribution in [1.82, 2.24) is 5.43 Å². The lowest BCUT2D eigenvalue weighted by molar-refractivity contribution is 0.0923. The van der Waals surface area contributed by atoms with Crippen LogP contribution in [0.4, 0.5) is 10.1 Å². The summed E-state index contributed by atoms with van der Waals surface area (Å²) >= 11 is 0. The van der Waals surface area contributed by atoms with Crippen molar-refractivity contribution >= 4 is 11.6 Å². The van der Waals surface area contributed by atoms with Crippen molar-refractivity contribution in [1.29, 1.82) is 0 Å². The molecule has 3 N–H and O–H groups in total. The van der Waals surface area contributed by atoms with Crippen LogP contribution in [0.15, 0.2) is 28.7 Å². The molecule has 1 aliphatic rings. The number of nitrogen functional groups attached to an aromatic ring is 1. The summed E-state index contributed by atoms with van der Waals surface area (Å²) in [6.07, 6.45) is 0.880. The minimum Gasteiger partial charge on any atom is -0.454 e. The second-order valence-electron chi connectivity index (χ2n) is 5.14. The van der Waals surface area contributed by atoms with Crippen LogP contribution in [0.1, 0.15) is 27.4 Å². The van der Waals surface area contributed by atoms with Crippen molar-refractivity contribution < 1.29 is 13.6 Å². The van der Waals surface area contributed by atoms with Gasteiger partial charge in [-0.25, -0.2) is 10.2 Å². The van der Waals surface area contributed by atoms with Crippen LogP contribution < -0.4 is 16.2 Å². The van der Waals surface area contributed by atoms with E-state index in [9.17, 15) is 9.18 Å². The lowest BCUT2D eigenvalue weighted by atomic mass is 10.2. The molecule has 6 heteroatoms. The van der Waals surface area contributed by atoms with E-state index in [0.717, 1.165) is 29.8 Å². The van der Waals surface area contributed by atoms with Crippen LogP contribution >= 0.6 is 0 Å². The maximum absolute atomic E-state index is 13.4. The molecule has 0 saturated heterocycles. The predicted octanol–water partition coefficient (Wildman–Crippen LogP) is 1.89. The number of nitrogens with zero attached hydrogens (tertiary/aromatic N) is 1. The molecule has 0 aliphatic carbocycles. The molecule has 2 aromatic rings. The number of hydrazine groups is 1. The van der Waals surface area contributed by atoms with Gasteiger partial charge in [0, 0.05) is 17.8 Å². The largest absolute Gasteiger partial charge is 0.454 e. The molecular weight excluding hydrogens is 273 g/mol. The molecule has 3 rings (SSSR count). The highest BCUT2D eigenvalue weighted by atomic mass is 19.1. The van der Waals surface area contributed by atoms with Gasteiger partial charge in [0.05, 0.1) is 6.54 Å². The van der Waals surface area contributed by atoms with Crippen molar-refractivity contribution in [2.45, 2.75) is 19.9 Å². The van der Waals surface area contributed by atoms with Crippen molar-refractivity contribution in [2.75, 3.05) is 11.4 Å². The van der Waals surface area contributed by atoms with Gasteiger partial charge in [-0.15, -0.1) is 0 Å². The van der Waals surface area contributed by atoms with Gasteiger partial charge in [0.25, 0.3) is 0 Å². The van der Waals surface area contributed by atoms with Gasteiger partial charge >= 0.3 is 5.91 Å².